The summed E-state index contributed by atoms with van der Waals surface area (Å²) in [7, 11) is 4.23. The molecule has 0 amide bonds. The molecule has 0 heterocycles. The van der Waals surface area contributed by atoms with Gasteiger partial charge < -0.3 is 4.90 Å². The number of alkyl halides is 1. The van der Waals surface area contributed by atoms with E-state index in [2.05, 4.69) is 55.4 Å². The Morgan fingerprint density at radius 2 is 1.89 bits per heavy atom. The van der Waals surface area contributed by atoms with Gasteiger partial charge in [0, 0.05) is 5.88 Å². The zero-order chi connectivity index (χ0) is 12.5. The molecule has 1 rings (SSSR count). The van der Waals surface area contributed by atoms with E-state index in [4.69, 9.17) is 11.6 Å². The fourth-order valence-electron chi connectivity index (χ4n) is 1.83. The molecule has 1 nitrogen and oxygen atoms in total. The third kappa shape index (κ3) is 7.05. The van der Waals surface area contributed by atoms with Gasteiger partial charge in [0.15, 0.2) is 0 Å². The average molecular weight is 288 g/mol. The van der Waals surface area contributed by atoms with E-state index in [1.807, 2.05) is 0 Å². The minimum Gasteiger partial charge on any atom is -0.309 e. The first-order valence-electron chi connectivity index (χ1n) is 6.19. The van der Waals surface area contributed by atoms with Gasteiger partial charge in [-0.1, -0.05) is 36.4 Å². The lowest BCUT2D eigenvalue weighted by Gasteiger charge is -2.11. The van der Waals surface area contributed by atoms with Crippen LogP contribution in [0.3, 0.4) is 0 Å². The Kier molecular flexibility index (Phi) is 10.1. The van der Waals surface area contributed by atoms with Gasteiger partial charge in [0.05, 0.1) is 0 Å². The molecule has 0 radical (unpaired) electrons. The van der Waals surface area contributed by atoms with Crippen LogP contribution in [0.15, 0.2) is 36.4 Å². The molecule has 0 bridgehead atoms. The van der Waals surface area contributed by atoms with Crippen LogP contribution in [0.5, 0.6) is 0 Å². The van der Waals surface area contributed by atoms with Crippen LogP contribution in [-0.4, -0.2) is 31.4 Å². The molecular formula is C15H23Cl2N. The van der Waals surface area contributed by atoms with Gasteiger partial charge in [-0.15, -0.1) is 24.0 Å². The SMILES string of the molecule is CN(C)CCCC(=CCCCl)c1ccccc1.Cl. The molecule has 0 aromatic heterocycles. The molecule has 0 saturated carbocycles. The molecule has 102 valence electrons. The molecule has 3 heteroatoms. The lowest BCUT2D eigenvalue weighted by molar-refractivity contribution is 0.403. The molecule has 0 aliphatic carbocycles. The molecule has 1 aromatic rings. The highest BCUT2D eigenvalue weighted by atomic mass is 35.5. The summed E-state index contributed by atoms with van der Waals surface area (Å²) in [6, 6.07) is 10.6. The predicted molar refractivity (Wildman–Crippen MR) is 84.8 cm³/mol. The standard InChI is InChI=1S/C15H22ClN.ClH/c1-17(2)13-7-11-15(10-6-12-16)14-8-4-3-5-9-14;/h3-5,8-10H,6-7,11-13H2,1-2H3;1H. The molecule has 0 fully saturated rings. The predicted octanol–water partition coefficient (Wildman–Crippen LogP) is 4.46. The van der Waals surface area contributed by atoms with Crippen LogP contribution in [0, 0.1) is 0 Å². The second-order valence-corrected chi connectivity index (χ2v) is 4.86. The number of hydrogen-bond donors (Lipinski definition) is 0. The normalized spacial score (nSPS) is 11.4. The molecule has 0 spiro atoms. The Balaban J connectivity index is 0.00000289. The van der Waals surface area contributed by atoms with Crippen molar-refractivity contribution in [1.82, 2.24) is 4.90 Å². The first-order chi connectivity index (χ1) is 8.24. The van der Waals surface area contributed by atoms with Crippen LogP contribution in [0.1, 0.15) is 24.8 Å². The zero-order valence-electron chi connectivity index (χ0n) is 11.2. The second-order valence-electron chi connectivity index (χ2n) is 4.48. The van der Waals surface area contributed by atoms with Gasteiger partial charge in [0.1, 0.15) is 0 Å². The number of hydrogen-bond acceptors (Lipinski definition) is 1. The summed E-state index contributed by atoms with van der Waals surface area (Å²) in [6.45, 7) is 1.13. The molecule has 0 unspecified atom stereocenters. The molecule has 0 aliphatic heterocycles. The van der Waals surface area contributed by atoms with E-state index in [9.17, 15) is 0 Å². The Morgan fingerprint density at radius 3 is 2.44 bits per heavy atom. The van der Waals surface area contributed by atoms with Crippen molar-refractivity contribution in [2.45, 2.75) is 19.3 Å². The van der Waals surface area contributed by atoms with E-state index in [0.29, 0.717) is 5.88 Å². The van der Waals surface area contributed by atoms with Crippen LogP contribution in [0.2, 0.25) is 0 Å². The fraction of sp³-hybridized carbons (Fsp3) is 0.467. The van der Waals surface area contributed by atoms with Crippen LogP contribution >= 0.6 is 24.0 Å². The minimum absolute atomic E-state index is 0. The Bertz CT molecular complexity index is 334. The summed E-state index contributed by atoms with van der Waals surface area (Å²) >= 11 is 5.76. The molecule has 18 heavy (non-hydrogen) atoms. The van der Waals surface area contributed by atoms with Crippen molar-refractivity contribution in [3.63, 3.8) is 0 Å². The average Bonchev–Trinajstić information content (AvgIpc) is 2.34. The van der Waals surface area contributed by atoms with E-state index in [1.165, 1.54) is 17.6 Å². The molecule has 0 aliphatic rings. The number of benzene rings is 1. The van der Waals surface area contributed by atoms with Crippen LogP contribution in [0.4, 0.5) is 0 Å². The van der Waals surface area contributed by atoms with Crippen LogP contribution in [-0.2, 0) is 0 Å². The van der Waals surface area contributed by atoms with Gasteiger partial charge in [-0.25, -0.2) is 0 Å². The van der Waals surface area contributed by atoms with E-state index in [0.717, 1.165) is 19.4 Å². The van der Waals surface area contributed by atoms with E-state index in [1.54, 1.807) is 0 Å². The van der Waals surface area contributed by atoms with Crippen molar-refractivity contribution < 1.29 is 0 Å². The summed E-state index contributed by atoms with van der Waals surface area (Å²) in [4.78, 5) is 2.23. The maximum atomic E-state index is 5.76. The molecule has 0 N–H and O–H groups in total. The third-order valence-corrected chi connectivity index (χ3v) is 2.91. The lowest BCUT2D eigenvalue weighted by Crippen LogP contribution is -2.12. The summed E-state index contributed by atoms with van der Waals surface area (Å²) in [5, 5.41) is 0. The van der Waals surface area contributed by atoms with Crippen molar-refractivity contribution in [2.24, 2.45) is 0 Å². The van der Waals surface area contributed by atoms with Crippen LogP contribution in [0.25, 0.3) is 5.57 Å². The third-order valence-electron chi connectivity index (χ3n) is 2.70. The fourth-order valence-corrected chi connectivity index (χ4v) is 1.94. The van der Waals surface area contributed by atoms with E-state index in [-0.39, 0.29) is 12.4 Å². The van der Waals surface area contributed by atoms with Gasteiger partial charge in [-0.3, -0.25) is 0 Å². The maximum Gasteiger partial charge on any atom is 0.0258 e. The topological polar surface area (TPSA) is 3.24 Å². The maximum absolute atomic E-state index is 5.76. The van der Waals surface area contributed by atoms with Crippen molar-refractivity contribution in [3.8, 4) is 0 Å². The summed E-state index contributed by atoms with van der Waals surface area (Å²) < 4.78 is 0. The molecule has 0 saturated heterocycles. The van der Waals surface area contributed by atoms with Crippen molar-refractivity contribution in [3.05, 3.63) is 42.0 Å². The highest BCUT2D eigenvalue weighted by Gasteiger charge is 2.01. The van der Waals surface area contributed by atoms with Crippen LogP contribution < -0.4 is 0 Å². The minimum atomic E-state index is 0. The lowest BCUT2D eigenvalue weighted by atomic mass is 10.00. The van der Waals surface area contributed by atoms with Crippen molar-refractivity contribution in [1.29, 1.82) is 0 Å². The van der Waals surface area contributed by atoms with Gasteiger partial charge >= 0.3 is 0 Å². The summed E-state index contributed by atoms with van der Waals surface area (Å²) in [5.74, 6) is 0.698. The van der Waals surface area contributed by atoms with E-state index >= 15 is 0 Å². The van der Waals surface area contributed by atoms with Crippen molar-refractivity contribution in [2.75, 3.05) is 26.5 Å². The van der Waals surface area contributed by atoms with Gasteiger partial charge in [0.2, 0.25) is 0 Å². The Morgan fingerprint density at radius 1 is 1.22 bits per heavy atom. The van der Waals surface area contributed by atoms with E-state index < -0.39 is 0 Å². The first kappa shape index (κ1) is 17.5. The van der Waals surface area contributed by atoms with Gasteiger partial charge in [-0.2, -0.15) is 0 Å². The van der Waals surface area contributed by atoms with Gasteiger partial charge in [-0.05, 0) is 51.0 Å². The molecule has 0 atom stereocenters. The summed E-state index contributed by atoms with van der Waals surface area (Å²) in [5.41, 5.74) is 2.75. The van der Waals surface area contributed by atoms with Gasteiger partial charge in [0.25, 0.3) is 0 Å². The second kappa shape index (κ2) is 10.4. The highest BCUT2D eigenvalue weighted by molar-refractivity contribution is 6.17. The number of halogens is 2. The Labute approximate surface area is 122 Å². The monoisotopic (exact) mass is 287 g/mol. The quantitative estimate of drug-likeness (QED) is 0.669. The molecular weight excluding hydrogens is 265 g/mol. The summed E-state index contributed by atoms with van der Waals surface area (Å²) in [6.07, 6.45) is 5.54. The van der Waals surface area contributed by atoms with Crippen molar-refractivity contribution >= 4 is 29.6 Å². The molecule has 1 aromatic carbocycles. The smallest absolute Gasteiger partial charge is 0.0258 e. The number of nitrogens with zero attached hydrogens (tertiary/aromatic N) is 1. The largest absolute Gasteiger partial charge is 0.309 e. The Hall–Kier alpha value is -0.500. The number of allylic oxidation sites excluding steroid dienone is 2. The zero-order valence-corrected chi connectivity index (χ0v) is 12.8. The highest BCUT2D eigenvalue weighted by Crippen LogP contribution is 2.20. The first-order valence-corrected chi connectivity index (χ1v) is 6.72. The number of rotatable bonds is 7.